The van der Waals surface area contributed by atoms with E-state index in [2.05, 4.69) is 5.32 Å². The van der Waals surface area contributed by atoms with Crippen LogP contribution in [0.15, 0.2) is 18.2 Å². The first kappa shape index (κ1) is 8.89. The number of hydrogen-bond donors (Lipinski definition) is 2. The Morgan fingerprint density at radius 3 is 2.87 bits per heavy atom. The summed E-state index contributed by atoms with van der Waals surface area (Å²) in [5, 5.41) is 12.7. The lowest BCUT2D eigenvalue weighted by Crippen LogP contribution is -2.43. The van der Waals surface area contributed by atoms with Gasteiger partial charge in [0.05, 0.1) is 12.2 Å². The monoisotopic (exact) mass is 205 g/mol. The van der Waals surface area contributed by atoms with Gasteiger partial charge in [0.25, 0.3) is 0 Å². The third-order valence-corrected chi connectivity index (χ3v) is 3.41. The molecule has 3 nitrogen and oxygen atoms in total. The Balaban J connectivity index is 1.93. The molecule has 0 amide bonds. The van der Waals surface area contributed by atoms with Gasteiger partial charge < -0.3 is 15.2 Å². The van der Waals surface area contributed by atoms with Crippen LogP contribution in [0.25, 0.3) is 0 Å². The van der Waals surface area contributed by atoms with Crippen molar-refractivity contribution in [2.24, 2.45) is 0 Å². The number of fused-ring (bicyclic) bond motifs is 1. The second kappa shape index (κ2) is 3.05. The van der Waals surface area contributed by atoms with Crippen LogP contribution in [0.3, 0.4) is 0 Å². The summed E-state index contributed by atoms with van der Waals surface area (Å²) in [5.74, 6) is 1.16. The third-order valence-electron chi connectivity index (χ3n) is 3.41. The van der Waals surface area contributed by atoms with Gasteiger partial charge in [-0.15, -0.1) is 0 Å². The number of phenols is 1. The first-order valence-electron chi connectivity index (χ1n) is 5.53. The Morgan fingerprint density at radius 2 is 2.07 bits per heavy atom. The van der Waals surface area contributed by atoms with E-state index < -0.39 is 0 Å². The number of anilines is 1. The summed E-state index contributed by atoms with van der Waals surface area (Å²) < 4.78 is 6.06. The molecule has 1 spiro atoms. The summed E-state index contributed by atoms with van der Waals surface area (Å²) in [7, 11) is 0. The van der Waals surface area contributed by atoms with Crippen LogP contribution >= 0.6 is 0 Å². The van der Waals surface area contributed by atoms with E-state index in [1.165, 1.54) is 12.8 Å². The highest BCUT2D eigenvalue weighted by Crippen LogP contribution is 2.41. The average Bonchev–Trinajstić information content (AvgIpc) is 2.67. The molecule has 3 rings (SSSR count). The van der Waals surface area contributed by atoms with Gasteiger partial charge in [-0.25, -0.2) is 0 Å². The standard InChI is InChI=1S/C12H15NO2/c14-9-3-4-11-10(7-9)13-8-12(15-11)5-1-2-6-12/h3-4,7,13-14H,1-2,5-6,8H2. The predicted octanol–water partition coefficient (Wildman–Crippen LogP) is 2.51. The maximum absolute atomic E-state index is 9.35. The fraction of sp³-hybridized carbons (Fsp3) is 0.500. The molecule has 15 heavy (non-hydrogen) atoms. The molecule has 1 fully saturated rings. The number of ether oxygens (including phenoxy) is 1. The van der Waals surface area contributed by atoms with Gasteiger partial charge in [-0.2, -0.15) is 0 Å². The number of aromatic hydroxyl groups is 1. The van der Waals surface area contributed by atoms with Crippen LogP contribution in [0, 0.1) is 0 Å². The molecule has 3 heteroatoms. The number of benzene rings is 1. The number of rotatable bonds is 0. The molecule has 0 saturated heterocycles. The fourth-order valence-corrected chi connectivity index (χ4v) is 2.57. The molecule has 0 aromatic heterocycles. The van der Waals surface area contributed by atoms with Crippen molar-refractivity contribution in [1.29, 1.82) is 0 Å². The van der Waals surface area contributed by atoms with Gasteiger partial charge in [0, 0.05) is 6.07 Å². The van der Waals surface area contributed by atoms with E-state index in [1.54, 1.807) is 12.1 Å². The van der Waals surface area contributed by atoms with E-state index in [0.29, 0.717) is 0 Å². The molecular weight excluding hydrogens is 190 g/mol. The Bertz CT molecular complexity index is 383. The highest BCUT2D eigenvalue weighted by atomic mass is 16.5. The maximum atomic E-state index is 9.35. The lowest BCUT2D eigenvalue weighted by molar-refractivity contribution is 0.0829. The molecule has 1 aromatic carbocycles. The normalized spacial score (nSPS) is 21.9. The summed E-state index contributed by atoms with van der Waals surface area (Å²) in [4.78, 5) is 0. The van der Waals surface area contributed by atoms with Crippen molar-refractivity contribution >= 4 is 5.69 Å². The van der Waals surface area contributed by atoms with Crippen molar-refractivity contribution in [3.8, 4) is 11.5 Å². The predicted molar refractivity (Wildman–Crippen MR) is 58.4 cm³/mol. The molecule has 2 N–H and O–H groups in total. The quantitative estimate of drug-likeness (QED) is 0.683. The smallest absolute Gasteiger partial charge is 0.143 e. The average molecular weight is 205 g/mol. The van der Waals surface area contributed by atoms with Crippen molar-refractivity contribution in [2.75, 3.05) is 11.9 Å². The summed E-state index contributed by atoms with van der Waals surface area (Å²) in [6.45, 7) is 0.865. The van der Waals surface area contributed by atoms with Gasteiger partial charge in [-0.05, 0) is 37.8 Å². The van der Waals surface area contributed by atoms with E-state index in [-0.39, 0.29) is 11.4 Å². The van der Waals surface area contributed by atoms with E-state index in [4.69, 9.17) is 4.74 Å². The molecule has 1 aromatic rings. The molecule has 2 aliphatic rings. The largest absolute Gasteiger partial charge is 0.508 e. The minimum Gasteiger partial charge on any atom is -0.508 e. The minimum absolute atomic E-state index is 0.0178. The fourth-order valence-electron chi connectivity index (χ4n) is 2.57. The first-order valence-corrected chi connectivity index (χ1v) is 5.53. The number of nitrogens with one attached hydrogen (secondary N) is 1. The second-order valence-electron chi connectivity index (χ2n) is 4.53. The Kier molecular flexibility index (Phi) is 1.81. The lowest BCUT2D eigenvalue weighted by atomic mass is 10.00. The molecule has 1 heterocycles. The zero-order chi connectivity index (χ0) is 10.3. The summed E-state index contributed by atoms with van der Waals surface area (Å²) in [6.07, 6.45) is 4.80. The van der Waals surface area contributed by atoms with Crippen LogP contribution in [0.1, 0.15) is 25.7 Å². The third kappa shape index (κ3) is 1.42. The topological polar surface area (TPSA) is 41.5 Å². The molecule has 0 radical (unpaired) electrons. The SMILES string of the molecule is Oc1ccc2c(c1)NCC1(CCCC1)O2. The molecular formula is C12H15NO2. The lowest BCUT2D eigenvalue weighted by Gasteiger charge is -2.36. The van der Waals surface area contributed by atoms with Crippen LogP contribution < -0.4 is 10.1 Å². The summed E-state index contributed by atoms with van der Waals surface area (Å²) in [5.41, 5.74) is 0.928. The Labute approximate surface area is 89.1 Å². The molecule has 80 valence electrons. The Hall–Kier alpha value is -1.38. The van der Waals surface area contributed by atoms with Crippen LogP contribution in [-0.2, 0) is 0 Å². The number of hydrogen-bond acceptors (Lipinski definition) is 3. The van der Waals surface area contributed by atoms with E-state index >= 15 is 0 Å². The maximum Gasteiger partial charge on any atom is 0.143 e. The molecule has 0 atom stereocenters. The van der Waals surface area contributed by atoms with Gasteiger partial charge in [-0.3, -0.25) is 0 Å². The van der Waals surface area contributed by atoms with Crippen LogP contribution in [0.2, 0.25) is 0 Å². The van der Waals surface area contributed by atoms with Gasteiger partial charge in [0.2, 0.25) is 0 Å². The van der Waals surface area contributed by atoms with Gasteiger partial charge >= 0.3 is 0 Å². The van der Waals surface area contributed by atoms with Crippen molar-refractivity contribution < 1.29 is 9.84 Å². The van der Waals surface area contributed by atoms with Crippen LogP contribution in [0.4, 0.5) is 5.69 Å². The van der Waals surface area contributed by atoms with E-state index in [9.17, 15) is 5.11 Å². The number of phenolic OH excluding ortho intramolecular Hbond substituents is 1. The summed E-state index contributed by atoms with van der Waals surface area (Å²) in [6, 6.07) is 5.24. The molecule has 1 aliphatic heterocycles. The van der Waals surface area contributed by atoms with Crippen molar-refractivity contribution in [3.63, 3.8) is 0 Å². The molecule has 0 unspecified atom stereocenters. The van der Waals surface area contributed by atoms with Crippen LogP contribution in [0.5, 0.6) is 11.5 Å². The Morgan fingerprint density at radius 1 is 1.27 bits per heavy atom. The molecule has 0 bridgehead atoms. The highest BCUT2D eigenvalue weighted by molar-refractivity contribution is 5.61. The van der Waals surface area contributed by atoms with Gasteiger partial charge in [0.15, 0.2) is 0 Å². The van der Waals surface area contributed by atoms with Gasteiger partial charge in [0.1, 0.15) is 17.1 Å². The minimum atomic E-state index is 0.0178. The zero-order valence-corrected chi connectivity index (χ0v) is 8.62. The zero-order valence-electron chi connectivity index (χ0n) is 8.62. The van der Waals surface area contributed by atoms with E-state index in [0.717, 1.165) is 30.8 Å². The van der Waals surface area contributed by atoms with Crippen LogP contribution in [-0.4, -0.2) is 17.3 Å². The second-order valence-corrected chi connectivity index (χ2v) is 4.53. The highest BCUT2D eigenvalue weighted by Gasteiger charge is 2.39. The van der Waals surface area contributed by atoms with Crippen molar-refractivity contribution in [3.05, 3.63) is 18.2 Å². The van der Waals surface area contributed by atoms with Crippen molar-refractivity contribution in [2.45, 2.75) is 31.3 Å². The summed E-state index contributed by atoms with van der Waals surface area (Å²) >= 11 is 0. The molecule has 1 aliphatic carbocycles. The van der Waals surface area contributed by atoms with Gasteiger partial charge in [-0.1, -0.05) is 0 Å². The first-order chi connectivity index (χ1) is 7.27. The van der Waals surface area contributed by atoms with Crippen molar-refractivity contribution in [1.82, 2.24) is 0 Å². The van der Waals surface area contributed by atoms with E-state index in [1.807, 2.05) is 6.07 Å². The molecule has 1 saturated carbocycles.